The fourth-order valence-electron chi connectivity index (χ4n) is 4.44. The van der Waals surface area contributed by atoms with Crippen LogP contribution < -0.4 is 10.4 Å². The molecule has 0 bridgehead atoms. The lowest BCUT2D eigenvalue weighted by molar-refractivity contribution is 0.0515. The smallest absolute Gasteiger partial charge is 0.356 e. The Morgan fingerprint density at radius 2 is 1.48 bits per heavy atom. The van der Waals surface area contributed by atoms with Gasteiger partial charge in [-0.15, -0.1) is 0 Å². The number of halogens is 1. The molecular formula is C25H30ClNO4SSi. The predicted molar refractivity (Wildman–Crippen MR) is 136 cm³/mol. The van der Waals surface area contributed by atoms with Crippen molar-refractivity contribution in [1.29, 1.82) is 0 Å². The van der Waals surface area contributed by atoms with Gasteiger partial charge in [-0.3, -0.25) is 0 Å². The number of esters is 1. The molecule has 0 radical (unpaired) electrons. The second-order valence-corrected chi connectivity index (χ2v) is 16.8. The van der Waals surface area contributed by atoms with Crippen molar-refractivity contribution in [1.82, 2.24) is 4.57 Å². The van der Waals surface area contributed by atoms with Crippen molar-refractivity contribution in [3.8, 4) is 0 Å². The highest BCUT2D eigenvalue weighted by Gasteiger charge is 2.51. The van der Waals surface area contributed by atoms with Crippen LogP contribution in [-0.2, 0) is 21.6 Å². The van der Waals surface area contributed by atoms with Gasteiger partial charge in [-0.1, -0.05) is 103 Å². The first-order valence-electron chi connectivity index (χ1n) is 10.8. The quantitative estimate of drug-likeness (QED) is 0.357. The minimum Gasteiger partial charge on any atom is -0.461 e. The number of ether oxygens (including phenoxy) is 1. The molecule has 0 fully saturated rings. The molecular weight excluding hydrogens is 474 g/mol. The van der Waals surface area contributed by atoms with Crippen LogP contribution in [0.1, 0.15) is 38.2 Å². The molecule has 3 aromatic rings. The van der Waals surface area contributed by atoms with Crippen molar-refractivity contribution in [2.75, 3.05) is 12.0 Å². The number of carbonyl (C=O) groups excluding carboxylic acids is 1. The molecule has 3 rings (SSSR count). The van der Waals surface area contributed by atoms with E-state index in [1.54, 1.807) is 14.0 Å². The molecule has 0 unspecified atom stereocenters. The van der Waals surface area contributed by atoms with Gasteiger partial charge in [0.1, 0.15) is 18.7 Å². The number of nitrogens with zero attached hydrogens (tertiary/aromatic N) is 1. The minimum absolute atomic E-state index is 0.0392. The van der Waals surface area contributed by atoms with Gasteiger partial charge >= 0.3 is 5.97 Å². The van der Waals surface area contributed by atoms with Gasteiger partial charge in [0.25, 0.3) is 0 Å². The molecule has 0 amide bonds. The van der Waals surface area contributed by atoms with Crippen molar-refractivity contribution in [3.05, 3.63) is 77.6 Å². The average molecular weight is 504 g/mol. The predicted octanol–water partition coefficient (Wildman–Crippen LogP) is 4.23. The first kappa shape index (κ1) is 25.3. The molecule has 8 heteroatoms. The Balaban J connectivity index is 2.25. The first-order chi connectivity index (χ1) is 15.5. The molecule has 0 saturated heterocycles. The standard InChI is InChI=1S/C25H30ClNO4SSi/c1-6-31-24(28)23-22(26)21(17-27(23)5)32(29,30)18-33(25(2,3)4,19-13-9-7-10-14-19)20-15-11-8-12-16-20/h7-17H,6,18H2,1-5H3. The summed E-state index contributed by atoms with van der Waals surface area (Å²) in [6.07, 6.45) is 1.42. The van der Waals surface area contributed by atoms with E-state index in [0.717, 1.165) is 10.4 Å². The highest BCUT2D eigenvalue weighted by atomic mass is 35.5. The number of hydrogen-bond donors (Lipinski definition) is 0. The van der Waals surface area contributed by atoms with Gasteiger partial charge in [-0.2, -0.15) is 0 Å². The third-order valence-electron chi connectivity index (χ3n) is 6.11. The van der Waals surface area contributed by atoms with Gasteiger partial charge in [0, 0.05) is 13.2 Å². The van der Waals surface area contributed by atoms with Crippen molar-refractivity contribution in [2.45, 2.75) is 37.6 Å². The molecule has 0 spiro atoms. The van der Waals surface area contributed by atoms with Gasteiger partial charge < -0.3 is 9.30 Å². The molecule has 2 aromatic carbocycles. The fourth-order valence-corrected chi connectivity index (χ4v) is 15.3. The lowest BCUT2D eigenvalue weighted by atomic mass is 10.2. The third kappa shape index (κ3) is 4.67. The first-order valence-corrected chi connectivity index (χ1v) is 15.0. The summed E-state index contributed by atoms with van der Waals surface area (Å²) in [5.74, 6) is -0.642. The average Bonchev–Trinajstić information content (AvgIpc) is 3.07. The SMILES string of the molecule is CCOC(=O)c1c(Cl)c(S(=O)(=O)C[Si](c2ccccc2)(c2ccccc2)C(C)(C)C)cn1C. The van der Waals surface area contributed by atoms with Crippen LogP contribution in [0.3, 0.4) is 0 Å². The Kier molecular flexibility index (Phi) is 7.26. The molecule has 1 aromatic heterocycles. The lowest BCUT2D eigenvalue weighted by Gasteiger charge is -2.43. The zero-order valence-corrected chi connectivity index (χ0v) is 22.2. The molecule has 0 atom stereocenters. The van der Waals surface area contributed by atoms with Crippen molar-refractivity contribution >= 4 is 45.9 Å². The van der Waals surface area contributed by atoms with Crippen molar-refractivity contribution < 1.29 is 17.9 Å². The van der Waals surface area contributed by atoms with E-state index in [0.29, 0.717) is 0 Å². The van der Waals surface area contributed by atoms with Crippen LogP contribution in [0.4, 0.5) is 0 Å². The lowest BCUT2D eigenvalue weighted by Crippen LogP contribution is -2.68. The van der Waals surface area contributed by atoms with Gasteiger partial charge in [0.2, 0.25) is 0 Å². The van der Waals surface area contributed by atoms with Crippen LogP contribution in [-0.4, -0.2) is 39.0 Å². The van der Waals surface area contributed by atoms with Gasteiger partial charge in [-0.25, -0.2) is 13.2 Å². The van der Waals surface area contributed by atoms with Gasteiger partial charge in [0.05, 0.1) is 17.0 Å². The maximum Gasteiger partial charge on any atom is 0.356 e. The number of rotatable bonds is 7. The Morgan fingerprint density at radius 1 is 1.00 bits per heavy atom. The second-order valence-electron chi connectivity index (χ2n) is 9.13. The summed E-state index contributed by atoms with van der Waals surface area (Å²) in [7, 11) is -5.19. The molecule has 0 aliphatic carbocycles. The summed E-state index contributed by atoms with van der Waals surface area (Å²) in [4.78, 5) is 12.4. The Bertz CT molecular complexity index is 1190. The largest absolute Gasteiger partial charge is 0.461 e. The highest BCUT2D eigenvalue weighted by molar-refractivity contribution is 7.93. The van der Waals surface area contributed by atoms with Gasteiger partial charge in [0.15, 0.2) is 9.84 Å². The van der Waals surface area contributed by atoms with Crippen LogP contribution >= 0.6 is 11.6 Å². The molecule has 0 saturated carbocycles. The molecule has 0 aliphatic heterocycles. The van der Waals surface area contributed by atoms with E-state index in [2.05, 4.69) is 20.8 Å². The van der Waals surface area contributed by atoms with Crippen molar-refractivity contribution in [2.24, 2.45) is 7.05 Å². The van der Waals surface area contributed by atoms with Crippen molar-refractivity contribution in [3.63, 3.8) is 0 Å². The van der Waals surface area contributed by atoms with Crippen LogP contribution in [0.15, 0.2) is 71.8 Å². The summed E-state index contributed by atoms with van der Waals surface area (Å²) in [6, 6.07) is 19.8. The summed E-state index contributed by atoms with van der Waals surface area (Å²) < 4.78 is 34.5. The van der Waals surface area contributed by atoms with E-state index >= 15 is 0 Å². The molecule has 0 N–H and O–H groups in total. The van der Waals surface area contributed by atoms with Gasteiger partial charge in [-0.05, 0) is 12.0 Å². The zero-order valence-electron chi connectivity index (χ0n) is 19.6. The van der Waals surface area contributed by atoms with Crippen LogP contribution in [0.25, 0.3) is 0 Å². The summed E-state index contributed by atoms with van der Waals surface area (Å²) in [6.45, 7) is 8.17. The van der Waals surface area contributed by atoms with Crippen LogP contribution in [0.2, 0.25) is 10.1 Å². The number of aryl methyl sites for hydroxylation is 1. The maximum atomic E-state index is 14.0. The van der Waals surface area contributed by atoms with E-state index in [4.69, 9.17) is 16.3 Å². The Morgan fingerprint density at radius 3 is 1.91 bits per heavy atom. The van der Waals surface area contributed by atoms with Crippen LogP contribution in [0.5, 0.6) is 0 Å². The number of hydrogen-bond acceptors (Lipinski definition) is 4. The summed E-state index contributed by atoms with van der Waals surface area (Å²) in [5, 5.41) is 1.56. The Labute approximate surface area is 202 Å². The molecule has 0 aliphatic rings. The highest BCUT2D eigenvalue weighted by Crippen LogP contribution is 2.39. The maximum absolute atomic E-state index is 14.0. The topological polar surface area (TPSA) is 65.4 Å². The van der Waals surface area contributed by atoms with Crippen LogP contribution in [0, 0.1) is 0 Å². The molecule has 5 nitrogen and oxygen atoms in total. The second kappa shape index (κ2) is 9.48. The summed E-state index contributed by atoms with van der Waals surface area (Å²) in [5.41, 5.74) is 0.0412. The van der Waals surface area contributed by atoms with E-state index < -0.39 is 23.9 Å². The Hall–Kier alpha value is -2.35. The third-order valence-corrected chi connectivity index (χ3v) is 16.0. The number of aromatic nitrogens is 1. The molecule has 176 valence electrons. The normalized spacial score (nSPS) is 12.5. The molecule has 33 heavy (non-hydrogen) atoms. The number of benzene rings is 2. The van der Waals surface area contributed by atoms with E-state index in [1.807, 2.05) is 60.7 Å². The number of sulfone groups is 1. The zero-order chi connectivity index (χ0) is 24.4. The monoisotopic (exact) mass is 503 g/mol. The number of carbonyl (C=O) groups is 1. The molecule has 1 heterocycles. The van der Waals surface area contributed by atoms with E-state index in [1.165, 1.54) is 10.8 Å². The minimum atomic E-state index is -3.88. The van der Waals surface area contributed by atoms with E-state index in [-0.39, 0.29) is 32.6 Å². The summed E-state index contributed by atoms with van der Waals surface area (Å²) >= 11 is 6.49. The fraction of sp³-hybridized carbons (Fsp3) is 0.320. The van der Waals surface area contributed by atoms with E-state index in [9.17, 15) is 13.2 Å².